The Morgan fingerprint density at radius 2 is 1.77 bits per heavy atom. The van der Waals surface area contributed by atoms with Crippen molar-refractivity contribution in [1.82, 2.24) is 4.98 Å². The molecule has 4 saturated heterocycles. The zero-order valence-electron chi connectivity index (χ0n) is 27.2. The molecule has 10 heteroatoms. The Morgan fingerprint density at radius 3 is 2.41 bits per heavy atom. The summed E-state index contributed by atoms with van der Waals surface area (Å²) in [6, 6.07) is 9.15. The Morgan fingerprint density at radius 1 is 1.02 bits per heavy atom. The van der Waals surface area contributed by atoms with Crippen LogP contribution >= 0.6 is 0 Å². The zero-order chi connectivity index (χ0) is 30.8. The van der Waals surface area contributed by atoms with Crippen LogP contribution in [-0.4, -0.2) is 72.1 Å². The van der Waals surface area contributed by atoms with E-state index < -0.39 is 24.5 Å². The second-order valence-corrected chi connectivity index (χ2v) is 14.8. The molecule has 3 atom stereocenters. The van der Waals surface area contributed by atoms with Gasteiger partial charge in [0.05, 0.1) is 53.5 Å². The molecule has 1 aliphatic carbocycles. The largest absolute Gasteiger partial charge is 0.496 e. The zero-order valence-corrected chi connectivity index (χ0v) is 27.2. The molecule has 6 heterocycles. The molecule has 0 amide bonds. The van der Waals surface area contributed by atoms with Gasteiger partial charge in [0.2, 0.25) is 0 Å². The van der Waals surface area contributed by atoms with Crippen LogP contribution in [-0.2, 0) is 25.3 Å². The topological polar surface area (TPSA) is 88.6 Å². The predicted molar refractivity (Wildman–Crippen MR) is 174 cm³/mol. The number of anilines is 4. The molecule has 8 rings (SSSR count). The van der Waals surface area contributed by atoms with Crippen molar-refractivity contribution in [2.75, 3.05) is 28.3 Å². The Hall–Kier alpha value is -2.37. The van der Waals surface area contributed by atoms with Crippen LogP contribution in [0.4, 0.5) is 22.9 Å². The van der Waals surface area contributed by atoms with Crippen LogP contribution in [0.25, 0.3) is 0 Å². The molecule has 5 fully saturated rings. The first kappa shape index (κ1) is 30.3. The van der Waals surface area contributed by atoms with Gasteiger partial charge in [0.1, 0.15) is 12.0 Å². The fourth-order valence-electron chi connectivity index (χ4n) is 7.57. The maximum absolute atomic E-state index is 12.1. The number of pyridine rings is 1. The van der Waals surface area contributed by atoms with E-state index >= 15 is 0 Å². The van der Waals surface area contributed by atoms with E-state index in [2.05, 4.69) is 80.9 Å². The van der Waals surface area contributed by atoms with E-state index in [0.29, 0.717) is 18.7 Å². The minimum Gasteiger partial charge on any atom is -0.399 e. The molecule has 1 saturated carbocycles. The Bertz CT molecular complexity index is 1340. The van der Waals surface area contributed by atoms with E-state index in [1.807, 2.05) is 6.20 Å². The van der Waals surface area contributed by atoms with E-state index in [9.17, 15) is 5.11 Å². The summed E-state index contributed by atoms with van der Waals surface area (Å²) in [6.45, 7) is 14.7. The van der Waals surface area contributed by atoms with E-state index in [0.717, 1.165) is 79.9 Å². The van der Waals surface area contributed by atoms with Crippen LogP contribution in [0.5, 0.6) is 0 Å². The molecule has 1 aromatic heterocycles. The van der Waals surface area contributed by atoms with Crippen LogP contribution in [0.15, 0.2) is 30.5 Å². The molecule has 238 valence electrons. The summed E-state index contributed by atoms with van der Waals surface area (Å²) in [4.78, 5) is 9.58. The number of morpholine rings is 1. The lowest BCUT2D eigenvalue weighted by Gasteiger charge is -2.46. The fourth-order valence-corrected chi connectivity index (χ4v) is 7.57. The number of fused-ring (bicyclic) bond motifs is 5. The van der Waals surface area contributed by atoms with Gasteiger partial charge in [-0.1, -0.05) is 6.07 Å². The van der Waals surface area contributed by atoms with Crippen LogP contribution in [0, 0.1) is 5.92 Å². The van der Waals surface area contributed by atoms with Gasteiger partial charge in [0, 0.05) is 41.9 Å². The normalized spacial score (nSPS) is 29.7. The number of hydrogen-bond acceptors (Lipinski definition) is 9. The van der Waals surface area contributed by atoms with Crippen molar-refractivity contribution >= 4 is 35.5 Å². The molecular weight excluding hydrogens is 555 g/mol. The lowest BCUT2D eigenvalue weighted by molar-refractivity contribution is -0.0340. The van der Waals surface area contributed by atoms with Gasteiger partial charge in [-0.25, -0.2) is 4.98 Å². The highest BCUT2D eigenvalue weighted by atomic mass is 16.7. The molecule has 2 N–H and O–H groups in total. The van der Waals surface area contributed by atoms with Gasteiger partial charge >= 0.3 is 7.12 Å². The van der Waals surface area contributed by atoms with Gasteiger partial charge in [-0.3, -0.25) is 0 Å². The molecule has 2 bridgehead atoms. The van der Waals surface area contributed by atoms with Crippen LogP contribution in [0.1, 0.15) is 85.6 Å². The third-order valence-electron chi connectivity index (χ3n) is 10.8. The Kier molecular flexibility index (Phi) is 7.89. The van der Waals surface area contributed by atoms with E-state index in [1.165, 1.54) is 5.69 Å². The second-order valence-electron chi connectivity index (χ2n) is 14.8. The third kappa shape index (κ3) is 5.62. The lowest BCUT2D eigenvalue weighted by atomic mass is 9.79. The number of aliphatic hydroxyl groups is 1. The predicted octanol–water partition coefficient (Wildman–Crippen LogP) is 5.11. The number of nitrogens with zero attached hydrogens (tertiary/aromatic N) is 3. The number of piperidine rings is 1. The number of nitrogens with one attached hydrogen (secondary N) is 1. The van der Waals surface area contributed by atoms with Gasteiger partial charge in [-0.15, -0.1) is 0 Å². The first-order valence-corrected chi connectivity index (χ1v) is 16.7. The lowest BCUT2D eigenvalue weighted by Crippen LogP contribution is -2.54. The van der Waals surface area contributed by atoms with Crippen LogP contribution in [0.3, 0.4) is 0 Å². The summed E-state index contributed by atoms with van der Waals surface area (Å²) in [7, 11) is -0.499. The molecule has 5 aliphatic heterocycles. The number of rotatable bonds is 6. The molecule has 9 nitrogen and oxygen atoms in total. The van der Waals surface area contributed by atoms with E-state index in [4.69, 9.17) is 23.8 Å². The van der Waals surface area contributed by atoms with Gasteiger partial charge in [-0.2, -0.15) is 0 Å². The quantitative estimate of drug-likeness (QED) is 0.437. The maximum atomic E-state index is 12.1. The monoisotopic (exact) mass is 604 g/mol. The van der Waals surface area contributed by atoms with Crippen molar-refractivity contribution < 1.29 is 23.9 Å². The van der Waals surface area contributed by atoms with Crippen molar-refractivity contribution in [3.63, 3.8) is 0 Å². The molecule has 6 aliphatic rings. The van der Waals surface area contributed by atoms with Gasteiger partial charge in [0.25, 0.3) is 0 Å². The fraction of sp³-hybridized carbons (Fsp3) is 0.676. The van der Waals surface area contributed by atoms with Gasteiger partial charge in [-0.05, 0) is 98.3 Å². The average Bonchev–Trinajstić information content (AvgIpc) is 3.12. The third-order valence-corrected chi connectivity index (χ3v) is 10.8. The summed E-state index contributed by atoms with van der Waals surface area (Å²) < 4.78 is 24.9. The van der Waals surface area contributed by atoms with E-state index in [1.54, 1.807) is 0 Å². The summed E-state index contributed by atoms with van der Waals surface area (Å²) in [5, 5.41) is 15.8. The summed E-state index contributed by atoms with van der Waals surface area (Å²) in [6.07, 6.45) is 8.11. The van der Waals surface area contributed by atoms with Gasteiger partial charge in [0.15, 0.2) is 0 Å². The molecule has 0 spiro atoms. The van der Waals surface area contributed by atoms with Crippen molar-refractivity contribution in [3.8, 4) is 0 Å². The number of aliphatic hydroxyl groups excluding tert-OH is 1. The number of ether oxygens (including phenoxy) is 2. The second kappa shape index (κ2) is 11.5. The molecule has 1 aromatic carbocycles. The SMILES string of the molecule is CC(C)O[C@H]1CC[C@H](C(O)N2Cc3cc(B4OC(C)(C)C(C)(C)O4)cnc3Nc3ccc(N4C[C@@H]5CC[C@H]4CO5)cc32)CC1. The number of aromatic nitrogens is 1. The van der Waals surface area contributed by atoms with E-state index in [-0.39, 0.29) is 18.1 Å². The van der Waals surface area contributed by atoms with Crippen molar-refractivity contribution in [2.24, 2.45) is 5.92 Å². The van der Waals surface area contributed by atoms with Gasteiger partial charge < -0.3 is 39.0 Å². The molecular formula is C34H49BN4O5. The molecule has 2 aromatic rings. The molecule has 44 heavy (non-hydrogen) atoms. The van der Waals surface area contributed by atoms with Crippen molar-refractivity contribution in [2.45, 2.75) is 128 Å². The maximum Gasteiger partial charge on any atom is 0.496 e. The highest BCUT2D eigenvalue weighted by Crippen LogP contribution is 2.43. The standard InChI is InChI=1S/C34H49BN4O5/c1-21(2)42-27-11-7-22(8-12-27)32(40)39-18-23-15-24(35-43-33(3,4)34(5,6)44-35)17-36-31(23)37-29-14-10-25(16-30(29)39)38-19-28-13-9-26(38)20-41-28/h10,14-17,21-22,26-28,32,40H,7-9,11-13,18-20H2,1-6H3,(H,36,37)/t22-,26-,27-,28-,32?/m0/s1. The number of benzene rings is 1. The smallest absolute Gasteiger partial charge is 0.399 e. The first-order valence-electron chi connectivity index (χ1n) is 16.7. The highest BCUT2D eigenvalue weighted by Gasteiger charge is 2.52. The Balaban J connectivity index is 1.21. The van der Waals surface area contributed by atoms with Crippen LogP contribution in [0.2, 0.25) is 0 Å². The number of hydrogen-bond donors (Lipinski definition) is 2. The summed E-state index contributed by atoms with van der Waals surface area (Å²) >= 11 is 0. The van der Waals surface area contributed by atoms with Crippen molar-refractivity contribution in [1.29, 1.82) is 0 Å². The molecule has 0 radical (unpaired) electrons. The first-order chi connectivity index (χ1) is 21.0. The summed E-state index contributed by atoms with van der Waals surface area (Å²) in [5.74, 6) is 0.951. The van der Waals surface area contributed by atoms with Crippen LogP contribution < -0.4 is 20.6 Å². The minimum atomic E-state index is -0.640. The Labute approximate surface area is 262 Å². The molecule has 1 unspecified atom stereocenters. The highest BCUT2D eigenvalue weighted by molar-refractivity contribution is 6.62. The van der Waals surface area contributed by atoms with Crippen molar-refractivity contribution in [3.05, 3.63) is 36.0 Å². The minimum absolute atomic E-state index is 0.152. The average molecular weight is 605 g/mol. The summed E-state index contributed by atoms with van der Waals surface area (Å²) in [5.41, 5.74) is 4.18.